The van der Waals surface area contributed by atoms with E-state index in [1.165, 1.54) is 6.07 Å². The summed E-state index contributed by atoms with van der Waals surface area (Å²) in [6.45, 7) is 7.35. The molecule has 2 aliphatic rings. The number of halogens is 2. The number of carbonyl (C=O) groups is 1. The molecule has 0 unspecified atom stereocenters. The molecule has 10 nitrogen and oxygen atoms in total. The number of rotatable bonds is 6. The van der Waals surface area contributed by atoms with E-state index in [0.717, 1.165) is 25.3 Å². The van der Waals surface area contributed by atoms with Crippen molar-refractivity contribution in [3.63, 3.8) is 0 Å². The molecule has 208 valence electrons. The second-order valence-corrected chi connectivity index (χ2v) is 11.1. The number of nitrogens with one attached hydrogen (secondary N) is 2. The van der Waals surface area contributed by atoms with E-state index in [0.29, 0.717) is 55.5 Å². The molecule has 0 spiro atoms. The molecule has 12 heteroatoms. The molecule has 1 heterocycles. The number of aliphatic hydroxyl groups excluding tert-OH is 1. The number of nitrogens with zero attached hydrogens (tertiary/aromatic N) is 5. The molecule has 0 radical (unpaired) electrons. The van der Waals surface area contributed by atoms with Gasteiger partial charge < -0.3 is 21.5 Å². The minimum atomic E-state index is -0.684. The monoisotopic (exact) mass is 556 g/mol. The summed E-state index contributed by atoms with van der Waals surface area (Å²) < 4.78 is 16.9. The van der Waals surface area contributed by atoms with Gasteiger partial charge in [-0.15, -0.1) is 0 Å². The fraction of sp³-hybridized carbons (Fsp3) is 0.519. The van der Waals surface area contributed by atoms with Crippen LogP contribution in [-0.2, 0) is 4.79 Å². The van der Waals surface area contributed by atoms with Crippen molar-refractivity contribution in [2.45, 2.75) is 83.4 Å². The van der Waals surface area contributed by atoms with Gasteiger partial charge in [-0.3, -0.25) is 9.36 Å². The van der Waals surface area contributed by atoms with Gasteiger partial charge in [0.15, 0.2) is 0 Å². The molecule has 2 aliphatic carbocycles. The quantitative estimate of drug-likeness (QED) is 0.291. The van der Waals surface area contributed by atoms with E-state index < -0.39 is 17.3 Å². The third kappa shape index (κ3) is 6.23. The number of nitrogens with two attached hydrogens (primary N) is 1. The molecule has 39 heavy (non-hydrogen) atoms. The molecule has 4 rings (SSSR count). The predicted octanol–water partition coefficient (Wildman–Crippen LogP) is 4.98. The SMILES string of the molecule is C=NC(=N[C@@H]1CCC[C@H](O)C1)Nc1c(C)nc(Nc2c(F)cc(C#N)cc2Cl)n1C1CCC(C)(C(N)=O)CC1. The van der Waals surface area contributed by atoms with Crippen molar-refractivity contribution in [3.8, 4) is 6.07 Å². The van der Waals surface area contributed by atoms with Crippen LogP contribution in [0.1, 0.15) is 75.6 Å². The number of hydrogen-bond donors (Lipinski definition) is 4. The standard InChI is InChI=1S/C27H34ClFN8O2/c1-15-23(36-25(32-3)34-17-5-4-6-19(38)13-17)37(18-7-9-27(2,10-8-18)24(31)39)26(33-15)35-22-20(28)11-16(14-30)12-21(22)29/h11-12,17-19,38H,3-10,13H2,1-2H3,(H2,31,39)(H,33,35)(H,34,36)/t17-,18?,19+,27?/m1/s1. The molecule has 2 fully saturated rings. The minimum absolute atomic E-state index is 0.00169. The number of amides is 1. The number of primary amides is 1. The van der Waals surface area contributed by atoms with E-state index in [4.69, 9.17) is 27.6 Å². The highest BCUT2D eigenvalue weighted by molar-refractivity contribution is 6.33. The van der Waals surface area contributed by atoms with E-state index in [2.05, 4.69) is 27.3 Å². The fourth-order valence-electron chi connectivity index (χ4n) is 5.40. The highest BCUT2D eigenvalue weighted by atomic mass is 35.5. The molecule has 0 bridgehead atoms. The van der Waals surface area contributed by atoms with Crippen LogP contribution in [0.2, 0.25) is 5.02 Å². The van der Waals surface area contributed by atoms with Gasteiger partial charge in [0.1, 0.15) is 11.6 Å². The van der Waals surface area contributed by atoms with Gasteiger partial charge in [-0.1, -0.05) is 18.5 Å². The van der Waals surface area contributed by atoms with Crippen molar-refractivity contribution in [2.24, 2.45) is 21.1 Å². The summed E-state index contributed by atoms with van der Waals surface area (Å²) in [6, 6.07) is 4.19. The molecule has 1 amide bonds. The second kappa shape index (κ2) is 11.7. The normalized spacial score (nSPS) is 25.5. The lowest BCUT2D eigenvalue weighted by Crippen LogP contribution is -2.38. The van der Waals surface area contributed by atoms with Gasteiger partial charge in [0.05, 0.1) is 40.2 Å². The fourth-order valence-corrected chi connectivity index (χ4v) is 5.66. The van der Waals surface area contributed by atoms with Gasteiger partial charge in [-0.05, 0) is 77.1 Å². The molecule has 0 aliphatic heterocycles. The number of aliphatic hydroxyl groups is 1. The second-order valence-electron chi connectivity index (χ2n) is 10.7. The first-order valence-electron chi connectivity index (χ1n) is 13.1. The van der Waals surface area contributed by atoms with E-state index in [1.54, 1.807) is 0 Å². The van der Waals surface area contributed by atoms with Crippen molar-refractivity contribution in [3.05, 3.63) is 34.2 Å². The number of aliphatic imine (C=N–C) groups is 2. The Kier molecular flexibility index (Phi) is 8.57. The van der Waals surface area contributed by atoms with Gasteiger partial charge in [0.2, 0.25) is 17.8 Å². The van der Waals surface area contributed by atoms with Gasteiger partial charge in [0, 0.05) is 11.5 Å². The highest BCUT2D eigenvalue weighted by Crippen LogP contribution is 2.44. The first kappa shape index (κ1) is 28.5. The first-order valence-corrected chi connectivity index (χ1v) is 13.5. The van der Waals surface area contributed by atoms with Gasteiger partial charge >= 0.3 is 0 Å². The summed E-state index contributed by atoms with van der Waals surface area (Å²) in [7, 11) is 0. The predicted molar refractivity (Wildman–Crippen MR) is 150 cm³/mol. The maximum atomic E-state index is 14.9. The molecular weight excluding hydrogens is 523 g/mol. The lowest BCUT2D eigenvalue weighted by Gasteiger charge is -2.36. The van der Waals surface area contributed by atoms with Crippen LogP contribution in [0, 0.1) is 29.5 Å². The number of aryl methyl sites for hydroxylation is 1. The Morgan fingerprint density at radius 1 is 1.36 bits per heavy atom. The zero-order valence-electron chi connectivity index (χ0n) is 22.2. The van der Waals surface area contributed by atoms with Crippen LogP contribution in [0.4, 0.5) is 21.8 Å². The average molecular weight is 557 g/mol. The topological polar surface area (TPSA) is 154 Å². The summed E-state index contributed by atoms with van der Waals surface area (Å²) in [5, 5.41) is 25.5. The Morgan fingerprint density at radius 3 is 2.67 bits per heavy atom. The minimum Gasteiger partial charge on any atom is -0.393 e. The van der Waals surface area contributed by atoms with Crippen molar-refractivity contribution >= 4 is 47.6 Å². The van der Waals surface area contributed by atoms with Gasteiger partial charge in [-0.2, -0.15) is 5.26 Å². The van der Waals surface area contributed by atoms with Crippen LogP contribution in [0.3, 0.4) is 0 Å². The Balaban J connectivity index is 1.72. The summed E-state index contributed by atoms with van der Waals surface area (Å²) in [6.07, 6.45) is 5.06. The molecule has 1 aromatic carbocycles. The number of aromatic nitrogens is 2. The van der Waals surface area contributed by atoms with E-state index in [1.807, 2.05) is 24.5 Å². The smallest absolute Gasteiger partial charge is 0.223 e. The van der Waals surface area contributed by atoms with Gasteiger partial charge in [-0.25, -0.2) is 19.4 Å². The van der Waals surface area contributed by atoms with Crippen LogP contribution in [0.15, 0.2) is 22.1 Å². The number of benzene rings is 1. The van der Waals surface area contributed by atoms with Crippen LogP contribution in [0.25, 0.3) is 0 Å². The van der Waals surface area contributed by atoms with Crippen molar-refractivity contribution < 1.29 is 14.3 Å². The lowest BCUT2D eigenvalue weighted by molar-refractivity contribution is -0.128. The van der Waals surface area contributed by atoms with E-state index in [9.17, 15) is 14.3 Å². The Morgan fingerprint density at radius 2 is 2.08 bits per heavy atom. The van der Waals surface area contributed by atoms with Crippen molar-refractivity contribution in [1.29, 1.82) is 5.26 Å². The number of carbonyl (C=O) groups excluding carboxylic acids is 1. The molecule has 1 aromatic heterocycles. The Labute approximate surface area is 232 Å². The molecule has 5 N–H and O–H groups in total. The molecule has 2 aromatic rings. The number of guanidine groups is 1. The molecular formula is C27H34ClFN8O2. The van der Waals surface area contributed by atoms with Crippen LogP contribution in [0.5, 0.6) is 0 Å². The number of anilines is 3. The van der Waals surface area contributed by atoms with Crippen LogP contribution >= 0.6 is 11.6 Å². The number of nitriles is 1. The molecule has 2 atom stereocenters. The van der Waals surface area contributed by atoms with E-state index in [-0.39, 0.29) is 34.3 Å². The van der Waals surface area contributed by atoms with Gasteiger partial charge in [0.25, 0.3) is 0 Å². The highest BCUT2D eigenvalue weighted by Gasteiger charge is 2.38. The first-order chi connectivity index (χ1) is 18.5. The van der Waals surface area contributed by atoms with Crippen LogP contribution in [-0.4, -0.2) is 45.4 Å². The maximum Gasteiger partial charge on any atom is 0.223 e. The molecule has 2 saturated carbocycles. The third-order valence-electron chi connectivity index (χ3n) is 7.82. The van der Waals surface area contributed by atoms with E-state index >= 15 is 0 Å². The maximum absolute atomic E-state index is 14.9. The zero-order valence-corrected chi connectivity index (χ0v) is 22.9. The number of imidazole rings is 1. The Hall–Kier alpha value is -3.49. The van der Waals surface area contributed by atoms with Crippen LogP contribution < -0.4 is 16.4 Å². The lowest BCUT2D eigenvalue weighted by atomic mass is 9.73. The third-order valence-corrected chi connectivity index (χ3v) is 8.11. The Bertz CT molecular complexity index is 1300. The largest absolute Gasteiger partial charge is 0.393 e. The summed E-state index contributed by atoms with van der Waals surface area (Å²) >= 11 is 6.33. The zero-order chi connectivity index (χ0) is 28.3. The number of hydrogen-bond acceptors (Lipinski definition) is 6. The summed E-state index contributed by atoms with van der Waals surface area (Å²) in [5.74, 6) is 0.218. The van der Waals surface area contributed by atoms with Crippen molar-refractivity contribution in [1.82, 2.24) is 9.55 Å². The summed E-state index contributed by atoms with van der Waals surface area (Å²) in [5.41, 5.74) is 5.78. The van der Waals surface area contributed by atoms with Crippen molar-refractivity contribution in [2.75, 3.05) is 10.6 Å². The molecule has 0 saturated heterocycles. The summed E-state index contributed by atoms with van der Waals surface area (Å²) in [4.78, 5) is 25.5. The average Bonchev–Trinajstić information content (AvgIpc) is 3.20.